The normalized spacial score (nSPS) is 20.4. The van der Waals surface area contributed by atoms with Gasteiger partial charge < -0.3 is 24.3 Å². The molecule has 2 saturated heterocycles. The van der Waals surface area contributed by atoms with Crippen LogP contribution < -0.4 is 9.64 Å². The number of amides is 1. The van der Waals surface area contributed by atoms with E-state index in [9.17, 15) is 13.6 Å². The van der Waals surface area contributed by atoms with Crippen LogP contribution in [0.25, 0.3) is 27.0 Å². The highest BCUT2D eigenvalue weighted by atomic mass is 32.2. The zero-order valence-electron chi connectivity index (χ0n) is 24.4. The van der Waals surface area contributed by atoms with Gasteiger partial charge in [0.25, 0.3) is 5.91 Å². The molecule has 0 bridgehead atoms. The van der Waals surface area contributed by atoms with Gasteiger partial charge in [-0.25, -0.2) is 19.7 Å². The van der Waals surface area contributed by atoms with Crippen molar-refractivity contribution in [1.29, 1.82) is 0 Å². The van der Waals surface area contributed by atoms with Crippen LogP contribution in [-0.4, -0.2) is 94.9 Å². The standard InChI is InChI=1S/C31H32F3N7O2S/c1-18(32)30(42)41-12-11-40(16-20(41)14-35-2)29-23-15-36-26(22-8-9-24(33)21-7-5-13-44-28(21)22)25(34)27(23)37-31(38-29)43-17-19-6-4-10-39(19)3/h8-9,15,19-20H,1,4-7,10-14,16-17H2,3H3/t19-,20-/m0/s1. The number of benzene rings is 1. The number of anilines is 1. The Morgan fingerprint density at radius 1 is 1.20 bits per heavy atom. The van der Waals surface area contributed by atoms with E-state index in [-0.39, 0.29) is 55.3 Å². The molecule has 3 aliphatic rings. The minimum absolute atomic E-state index is 0.00303. The summed E-state index contributed by atoms with van der Waals surface area (Å²) in [6.45, 7) is 12.3. The predicted octanol–water partition coefficient (Wildman–Crippen LogP) is 4.90. The van der Waals surface area contributed by atoms with E-state index in [0.717, 1.165) is 31.6 Å². The third-order valence-electron chi connectivity index (χ3n) is 8.57. The molecule has 0 radical (unpaired) electrons. The predicted molar refractivity (Wildman–Crippen MR) is 162 cm³/mol. The van der Waals surface area contributed by atoms with Crippen molar-refractivity contribution < 1.29 is 22.7 Å². The van der Waals surface area contributed by atoms with Gasteiger partial charge in [-0.15, -0.1) is 11.8 Å². The van der Waals surface area contributed by atoms with Crippen LogP contribution in [0.15, 0.2) is 35.6 Å². The van der Waals surface area contributed by atoms with Gasteiger partial charge in [0.2, 0.25) is 6.54 Å². The number of hydrogen-bond donors (Lipinski definition) is 0. The second kappa shape index (κ2) is 12.6. The van der Waals surface area contributed by atoms with Gasteiger partial charge in [0.15, 0.2) is 11.6 Å². The first-order valence-corrected chi connectivity index (χ1v) is 15.6. The number of piperazine rings is 1. The lowest BCUT2D eigenvalue weighted by Gasteiger charge is -2.39. The van der Waals surface area contributed by atoms with Crippen molar-refractivity contribution >= 4 is 34.4 Å². The highest BCUT2D eigenvalue weighted by Gasteiger charge is 2.35. The van der Waals surface area contributed by atoms with Crippen molar-refractivity contribution in [2.75, 3.05) is 57.0 Å². The Hall–Kier alpha value is -3.89. The SMILES string of the molecule is [C-]#[N+]C[C@H]1CN(c2nc(OC[C@@H]3CCCN3C)nc3c(F)c(-c4ccc(F)c5c4SCCC5)ncc23)CCN1C(=O)C(=C)F. The number of nitrogens with zero attached hydrogens (tertiary/aromatic N) is 7. The maximum atomic E-state index is 16.5. The van der Waals surface area contributed by atoms with Crippen molar-refractivity contribution in [1.82, 2.24) is 24.8 Å². The van der Waals surface area contributed by atoms with E-state index in [1.807, 2.05) is 11.9 Å². The molecule has 2 aromatic heterocycles. The van der Waals surface area contributed by atoms with E-state index >= 15 is 4.39 Å². The Bertz CT molecular complexity index is 1670. The van der Waals surface area contributed by atoms with Gasteiger partial charge in [-0.1, -0.05) is 6.58 Å². The fourth-order valence-electron chi connectivity index (χ4n) is 6.22. The molecule has 230 valence electrons. The van der Waals surface area contributed by atoms with E-state index in [2.05, 4.69) is 31.3 Å². The van der Waals surface area contributed by atoms with Crippen molar-refractivity contribution in [2.45, 2.75) is 42.7 Å². The van der Waals surface area contributed by atoms with Crippen LogP contribution in [0, 0.1) is 18.2 Å². The van der Waals surface area contributed by atoms with Gasteiger partial charge in [-0.3, -0.25) is 9.78 Å². The molecule has 2 atom stereocenters. The molecule has 9 nitrogen and oxygen atoms in total. The Kier molecular flexibility index (Phi) is 8.64. The monoisotopic (exact) mass is 623 g/mol. The Labute approximate surface area is 257 Å². The number of rotatable bonds is 7. The summed E-state index contributed by atoms with van der Waals surface area (Å²) in [6, 6.07) is 2.45. The number of thioether (sulfide) groups is 1. The molecule has 13 heteroatoms. The van der Waals surface area contributed by atoms with Crippen LogP contribution in [0.3, 0.4) is 0 Å². The number of halogens is 3. The van der Waals surface area contributed by atoms with Gasteiger partial charge in [0.05, 0.1) is 5.39 Å². The van der Waals surface area contributed by atoms with Gasteiger partial charge in [-0.2, -0.15) is 9.97 Å². The van der Waals surface area contributed by atoms with Crippen molar-refractivity contribution in [3.8, 4) is 17.3 Å². The highest BCUT2D eigenvalue weighted by molar-refractivity contribution is 7.99. The van der Waals surface area contributed by atoms with Crippen LogP contribution in [0.2, 0.25) is 0 Å². The Balaban J connectivity index is 1.43. The van der Waals surface area contributed by atoms with Crippen LogP contribution in [0.4, 0.5) is 19.0 Å². The lowest BCUT2D eigenvalue weighted by molar-refractivity contribution is -0.131. The number of likely N-dealkylation sites (N-methyl/N-ethyl adjacent to an activating group) is 1. The summed E-state index contributed by atoms with van der Waals surface area (Å²) in [7, 11) is 2.02. The van der Waals surface area contributed by atoms with E-state index in [1.165, 1.54) is 28.9 Å². The zero-order valence-corrected chi connectivity index (χ0v) is 25.2. The summed E-state index contributed by atoms with van der Waals surface area (Å²) in [5, 5.41) is 0.330. The van der Waals surface area contributed by atoms with Gasteiger partial charge >= 0.3 is 6.01 Å². The average molecular weight is 624 g/mol. The largest absolute Gasteiger partial charge is 0.462 e. The molecule has 0 saturated carbocycles. The third-order valence-corrected chi connectivity index (χ3v) is 9.82. The van der Waals surface area contributed by atoms with E-state index < -0.39 is 23.6 Å². The number of aromatic nitrogens is 3. The van der Waals surface area contributed by atoms with Crippen LogP contribution in [-0.2, 0) is 11.2 Å². The van der Waals surface area contributed by atoms with Gasteiger partial charge in [0.1, 0.15) is 35.5 Å². The van der Waals surface area contributed by atoms with Crippen LogP contribution in [0.1, 0.15) is 24.8 Å². The highest BCUT2D eigenvalue weighted by Crippen LogP contribution is 2.41. The molecule has 2 fully saturated rings. The maximum Gasteiger partial charge on any atom is 0.319 e. The molecule has 44 heavy (non-hydrogen) atoms. The third kappa shape index (κ3) is 5.68. The number of likely N-dealkylation sites (tertiary alicyclic amines) is 1. The van der Waals surface area contributed by atoms with Crippen molar-refractivity contribution in [2.24, 2.45) is 0 Å². The molecule has 5 heterocycles. The summed E-state index contributed by atoms with van der Waals surface area (Å²) >= 11 is 1.49. The first-order chi connectivity index (χ1) is 21.3. The quantitative estimate of drug-likeness (QED) is 0.272. The molecule has 1 amide bonds. The summed E-state index contributed by atoms with van der Waals surface area (Å²) in [6.07, 6.45) is 4.93. The second-order valence-electron chi connectivity index (χ2n) is 11.3. The van der Waals surface area contributed by atoms with Gasteiger partial charge in [0, 0.05) is 47.9 Å². The van der Waals surface area contributed by atoms with Gasteiger partial charge in [-0.05, 0) is 57.2 Å². The fraction of sp³-hybridized carbons (Fsp3) is 0.452. The lowest BCUT2D eigenvalue weighted by Crippen LogP contribution is -2.56. The minimum Gasteiger partial charge on any atom is -0.462 e. The summed E-state index contributed by atoms with van der Waals surface area (Å²) in [4.78, 5) is 35.6. The maximum absolute atomic E-state index is 16.5. The van der Waals surface area contributed by atoms with Crippen LogP contribution in [0.5, 0.6) is 6.01 Å². The van der Waals surface area contributed by atoms with Crippen molar-refractivity contribution in [3.63, 3.8) is 0 Å². The number of carbonyl (C=O) groups is 1. The fourth-order valence-corrected chi connectivity index (χ4v) is 7.41. The average Bonchev–Trinajstić information content (AvgIpc) is 3.44. The molecule has 0 spiro atoms. The molecule has 6 rings (SSSR count). The molecule has 0 N–H and O–H groups in total. The lowest BCUT2D eigenvalue weighted by atomic mass is 10.0. The molecule has 3 aliphatic heterocycles. The van der Waals surface area contributed by atoms with E-state index in [1.54, 1.807) is 6.07 Å². The number of ether oxygens (including phenoxy) is 1. The zero-order chi connectivity index (χ0) is 31.0. The Morgan fingerprint density at radius 2 is 2.05 bits per heavy atom. The smallest absolute Gasteiger partial charge is 0.319 e. The van der Waals surface area contributed by atoms with Crippen molar-refractivity contribution in [3.05, 3.63) is 59.4 Å². The number of carbonyl (C=O) groups excluding carboxylic acids is 1. The topological polar surface area (TPSA) is 79.1 Å². The summed E-state index contributed by atoms with van der Waals surface area (Å²) in [5.74, 6) is -1.78. The van der Waals surface area contributed by atoms with E-state index in [0.29, 0.717) is 40.3 Å². The minimum atomic E-state index is -1.09. The summed E-state index contributed by atoms with van der Waals surface area (Å²) < 4.78 is 51.0. The summed E-state index contributed by atoms with van der Waals surface area (Å²) in [5.41, 5.74) is 1.15. The Morgan fingerprint density at radius 3 is 2.80 bits per heavy atom. The first kappa shape index (κ1) is 30.1. The number of hydrogen-bond acceptors (Lipinski definition) is 8. The molecule has 0 unspecified atom stereocenters. The number of pyridine rings is 1. The molecular formula is C31H32F3N7O2S. The molecule has 1 aromatic carbocycles. The van der Waals surface area contributed by atoms with Crippen LogP contribution >= 0.6 is 11.8 Å². The van der Waals surface area contributed by atoms with E-state index in [4.69, 9.17) is 11.3 Å². The molecular weight excluding hydrogens is 591 g/mol. The molecule has 0 aliphatic carbocycles. The molecule has 3 aromatic rings. The number of fused-ring (bicyclic) bond motifs is 2. The second-order valence-corrected chi connectivity index (χ2v) is 12.4. The first-order valence-electron chi connectivity index (χ1n) is 14.6.